The van der Waals surface area contributed by atoms with Crippen LogP contribution in [0, 0.1) is 23.7 Å². The lowest BCUT2D eigenvalue weighted by Crippen LogP contribution is -2.07. The Bertz CT molecular complexity index is 99.2. The minimum atomic E-state index is 0.916. The molecule has 1 aliphatic rings. The second-order valence-electron chi connectivity index (χ2n) is 4.82. The Kier molecular flexibility index (Phi) is 2.98. The van der Waals surface area contributed by atoms with Gasteiger partial charge in [-0.3, -0.25) is 0 Å². The van der Waals surface area contributed by atoms with E-state index in [-0.39, 0.29) is 0 Å². The van der Waals surface area contributed by atoms with Crippen molar-refractivity contribution in [1.29, 1.82) is 0 Å². The van der Waals surface area contributed by atoms with E-state index in [1.54, 1.807) is 0 Å². The number of rotatable bonds is 2. The standard InChI is InChI=1S/C11H22/c1-8(2)10-5-6-11(7-10)9(3)4/h8-11H,5-7H2,1-4H3/t10-,11?/m0/s1. The summed E-state index contributed by atoms with van der Waals surface area (Å²) in [5, 5.41) is 0. The van der Waals surface area contributed by atoms with Crippen molar-refractivity contribution in [2.45, 2.75) is 47.0 Å². The molecule has 0 nitrogen and oxygen atoms in total. The molecule has 0 aromatic rings. The van der Waals surface area contributed by atoms with Crippen LogP contribution in [0.25, 0.3) is 0 Å². The molecule has 0 heterocycles. The molecule has 0 N–H and O–H groups in total. The average Bonchev–Trinajstić information content (AvgIpc) is 2.33. The summed E-state index contributed by atoms with van der Waals surface area (Å²) >= 11 is 0. The van der Waals surface area contributed by atoms with Crippen LogP contribution in [0.5, 0.6) is 0 Å². The van der Waals surface area contributed by atoms with E-state index in [4.69, 9.17) is 0 Å². The molecule has 0 radical (unpaired) electrons. The van der Waals surface area contributed by atoms with Crippen LogP contribution in [0.4, 0.5) is 0 Å². The van der Waals surface area contributed by atoms with Crippen molar-refractivity contribution in [2.24, 2.45) is 23.7 Å². The van der Waals surface area contributed by atoms with E-state index in [1.165, 1.54) is 19.3 Å². The molecule has 1 unspecified atom stereocenters. The molecule has 0 bridgehead atoms. The van der Waals surface area contributed by atoms with Gasteiger partial charge in [0.05, 0.1) is 0 Å². The molecule has 1 rings (SSSR count). The van der Waals surface area contributed by atoms with Gasteiger partial charge in [0.25, 0.3) is 0 Å². The topological polar surface area (TPSA) is 0 Å². The van der Waals surface area contributed by atoms with E-state index in [9.17, 15) is 0 Å². The van der Waals surface area contributed by atoms with Crippen molar-refractivity contribution in [3.05, 3.63) is 0 Å². The van der Waals surface area contributed by atoms with Crippen LogP contribution in [-0.4, -0.2) is 0 Å². The van der Waals surface area contributed by atoms with E-state index < -0.39 is 0 Å². The maximum atomic E-state index is 2.37. The first kappa shape index (κ1) is 9.09. The average molecular weight is 154 g/mol. The predicted molar refractivity (Wildman–Crippen MR) is 50.5 cm³/mol. The van der Waals surface area contributed by atoms with Crippen LogP contribution in [0.1, 0.15) is 47.0 Å². The van der Waals surface area contributed by atoms with Gasteiger partial charge in [-0.1, -0.05) is 27.7 Å². The number of hydrogen-bond donors (Lipinski definition) is 0. The highest BCUT2D eigenvalue weighted by molar-refractivity contribution is 4.78. The fourth-order valence-electron chi connectivity index (χ4n) is 2.26. The summed E-state index contributed by atoms with van der Waals surface area (Å²) < 4.78 is 0. The monoisotopic (exact) mass is 154 g/mol. The van der Waals surface area contributed by atoms with Crippen molar-refractivity contribution >= 4 is 0 Å². The summed E-state index contributed by atoms with van der Waals surface area (Å²) in [5.74, 6) is 3.89. The van der Waals surface area contributed by atoms with Crippen molar-refractivity contribution < 1.29 is 0 Å². The first-order chi connectivity index (χ1) is 5.11. The van der Waals surface area contributed by atoms with Crippen LogP contribution in [0.15, 0.2) is 0 Å². The fraction of sp³-hybridized carbons (Fsp3) is 1.00. The van der Waals surface area contributed by atoms with Crippen molar-refractivity contribution in [1.82, 2.24) is 0 Å². The molecular formula is C11H22. The Hall–Kier alpha value is 0. The zero-order chi connectivity index (χ0) is 8.43. The first-order valence-electron chi connectivity index (χ1n) is 5.11. The zero-order valence-corrected chi connectivity index (χ0v) is 8.43. The van der Waals surface area contributed by atoms with E-state index in [2.05, 4.69) is 27.7 Å². The third-order valence-electron chi connectivity index (χ3n) is 3.40. The lowest BCUT2D eigenvalue weighted by atomic mass is 9.89. The molecule has 1 aliphatic carbocycles. The molecule has 0 aromatic heterocycles. The maximum absolute atomic E-state index is 2.37. The third-order valence-corrected chi connectivity index (χ3v) is 3.40. The SMILES string of the molecule is CC(C)C1CC[C@H](C(C)C)C1. The Morgan fingerprint density at radius 2 is 1.18 bits per heavy atom. The predicted octanol–water partition coefficient (Wildman–Crippen LogP) is 3.71. The minimum absolute atomic E-state index is 0.916. The lowest BCUT2D eigenvalue weighted by molar-refractivity contribution is 0.340. The molecule has 1 saturated carbocycles. The Morgan fingerprint density at radius 3 is 1.36 bits per heavy atom. The van der Waals surface area contributed by atoms with Gasteiger partial charge in [-0.25, -0.2) is 0 Å². The molecule has 1 fully saturated rings. The van der Waals surface area contributed by atoms with Gasteiger partial charge < -0.3 is 0 Å². The van der Waals surface area contributed by atoms with Gasteiger partial charge in [0.15, 0.2) is 0 Å². The van der Waals surface area contributed by atoms with E-state index >= 15 is 0 Å². The molecule has 0 aliphatic heterocycles. The fourth-order valence-corrected chi connectivity index (χ4v) is 2.26. The minimum Gasteiger partial charge on any atom is -0.0625 e. The Balaban J connectivity index is 2.35. The van der Waals surface area contributed by atoms with E-state index in [1.807, 2.05) is 0 Å². The molecule has 0 aromatic carbocycles. The van der Waals surface area contributed by atoms with Crippen molar-refractivity contribution in [2.75, 3.05) is 0 Å². The van der Waals surface area contributed by atoms with E-state index in [0.717, 1.165) is 23.7 Å². The van der Waals surface area contributed by atoms with Gasteiger partial charge in [0, 0.05) is 0 Å². The van der Waals surface area contributed by atoms with Gasteiger partial charge in [-0.15, -0.1) is 0 Å². The summed E-state index contributed by atoms with van der Waals surface area (Å²) in [6, 6.07) is 0. The molecule has 0 saturated heterocycles. The van der Waals surface area contributed by atoms with Crippen molar-refractivity contribution in [3.63, 3.8) is 0 Å². The number of hydrogen-bond acceptors (Lipinski definition) is 0. The summed E-state index contributed by atoms with van der Waals surface area (Å²) in [5.41, 5.74) is 0. The normalized spacial score (nSPS) is 32.2. The summed E-state index contributed by atoms with van der Waals surface area (Å²) in [6.45, 7) is 9.47. The van der Waals surface area contributed by atoms with Crippen LogP contribution < -0.4 is 0 Å². The summed E-state index contributed by atoms with van der Waals surface area (Å²) in [6.07, 6.45) is 4.47. The largest absolute Gasteiger partial charge is 0.0625 e. The quantitative estimate of drug-likeness (QED) is 0.568. The van der Waals surface area contributed by atoms with Crippen molar-refractivity contribution in [3.8, 4) is 0 Å². The molecule has 0 heteroatoms. The summed E-state index contributed by atoms with van der Waals surface area (Å²) in [7, 11) is 0. The Labute approximate surface area is 71.4 Å². The highest BCUT2D eigenvalue weighted by Crippen LogP contribution is 2.38. The Morgan fingerprint density at radius 1 is 0.818 bits per heavy atom. The second kappa shape index (κ2) is 3.60. The van der Waals surface area contributed by atoms with Crippen LogP contribution in [-0.2, 0) is 0 Å². The molecule has 2 atom stereocenters. The van der Waals surface area contributed by atoms with Gasteiger partial charge >= 0.3 is 0 Å². The molecule has 0 amide bonds. The smallest absolute Gasteiger partial charge is 0.0388 e. The van der Waals surface area contributed by atoms with Gasteiger partial charge in [0.1, 0.15) is 0 Å². The van der Waals surface area contributed by atoms with Gasteiger partial charge in [0.2, 0.25) is 0 Å². The van der Waals surface area contributed by atoms with Crippen LogP contribution >= 0.6 is 0 Å². The molecule has 66 valence electrons. The third kappa shape index (κ3) is 2.21. The van der Waals surface area contributed by atoms with Crippen LogP contribution in [0.3, 0.4) is 0 Å². The highest BCUT2D eigenvalue weighted by atomic mass is 14.3. The highest BCUT2D eigenvalue weighted by Gasteiger charge is 2.28. The van der Waals surface area contributed by atoms with Gasteiger partial charge in [-0.2, -0.15) is 0 Å². The van der Waals surface area contributed by atoms with Crippen LogP contribution in [0.2, 0.25) is 0 Å². The second-order valence-corrected chi connectivity index (χ2v) is 4.82. The zero-order valence-electron chi connectivity index (χ0n) is 8.43. The first-order valence-corrected chi connectivity index (χ1v) is 5.11. The lowest BCUT2D eigenvalue weighted by Gasteiger charge is -2.16. The maximum Gasteiger partial charge on any atom is -0.0388 e. The molecular weight excluding hydrogens is 132 g/mol. The van der Waals surface area contributed by atoms with E-state index in [0.29, 0.717) is 0 Å². The van der Waals surface area contributed by atoms with Gasteiger partial charge in [-0.05, 0) is 42.9 Å². The molecule has 0 spiro atoms. The summed E-state index contributed by atoms with van der Waals surface area (Å²) in [4.78, 5) is 0. The molecule has 11 heavy (non-hydrogen) atoms.